The van der Waals surface area contributed by atoms with Crippen LogP contribution in [0.1, 0.15) is 18.4 Å². The van der Waals surface area contributed by atoms with Crippen LogP contribution in [0, 0.1) is 11.7 Å². The third kappa shape index (κ3) is 3.71. The molecule has 1 aliphatic heterocycles. The van der Waals surface area contributed by atoms with E-state index < -0.39 is 35.1 Å². The Labute approximate surface area is 117 Å². The van der Waals surface area contributed by atoms with Crippen LogP contribution in [0.5, 0.6) is 0 Å². The van der Waals surface area contributed by atoms with Gasteiger partial charge in [-0.25, -0.2) is 4.39 Å². The van der Waals surface area contributed by atoms with Crippen molar-refractivity contribution in [3.63, 3.8) is 0 Å². The van der Waals surface area contributed by atoms with Gasteiger partial charge in [0, 0.05) is 13.0 Å². The van der Waals surface area contributed by atoms with Crippen molar-refractivity contribution in [3.05, 3.63) is 29.6 Å². The number of rotatable bonds is 2. The lowest BCUT2D eigenvalue weighted by atomic mass is 9.98. The normalized spacial score (nSPS) is 19.0. The predicted molar refractivity (Wildman–Crippen MR) is 65.8 cm³/mol. The van der Waals surface area contributed by atoms with Crippen molar-refractivity contribution in [2.24, 2.45) is 5.92 Å². The number of alkyl halides is 3. The minimum absolute atomic E-state index is 0.0885. The fourth-order valence-electron chi connectivity index (χ4n) is 1.99. The zero-order valence-corrected chi connectivity index (χ0v) is 10.8. The summed E-state index contributed by atoms with van der Waals surface area (Å²) in [5, 5.41) is 4.62. The van der Waals surface area contributed by atoms with Crippen LogP contribution in [0.3, 0.4) is 0 Å². The highest BCUT2D eigenvalue weighted by Crippen LogP contribution is 2.32. The molecule has 1 aromatic rings. The molecule has 0 aliphatic carbocycles. The van der Waals surface area contributed by atoms with Crippen LogP contribution in [0.25, 0.3) is 0 Å². The molecule has 4 nitrogen and oxygen atoms in total. The summed E-state index contributed by atoms with van der Waals surface area (Å²) in [5.74, 6) is -2.34. The van der Waals surface area contributed by atoms with Crippen molar-refractivity contribution in [3.8, 4) is 0 Å². The smallest absolute Gasteiger partial charge is 0.355 e. The maximum atomic E-state index is 13.5. The van der Waals surface area contributed by atoms with Crippen molar-refractivity contribution in [1.82, 2.24) is 5.32 Å². The van der Waals surface area contributed by atoms with Gasteiger partial charge in [0.25, 0.3) is 0 Å². The van der Waals surface area contributed by atoms with Gasteiger partial charge in [-0.3, -0.25) is 9.59 Å². The van der Waals surface area contributed by atoms with Crippen LogP contribution in [-0.4, -0.2) is 18.4 Å². The van der Waals surface area contributed by atoms with E-state index in [9.17, 15) is 27.2 Å². The second-order valence-corrected chi connectivity index (χ2v) is 4.72. The van der Waals surface area contributed by atoms with Gasteiger partial charge in [-0.05, 0) is 24.6 Å². The number of halogens is 4. The number of benzene rings is 1. The minimum Gasteiger partial charge on any atom is -0.355 e. The number of hydrogen-bond acceptors (Lipinski definition) is 2. The van der Waals surface area contributed by atoms with Crippen LogP contribution in [0.4, 0.5) is 23.2 Å². The lowest BCUT2D eigenvalue weighted by Crippen LogP contribution is -2.40. The van der Waals surface area contributed by atoms with E-state index in [-0.39, 0.29) is 25.3 Å². The zero-order chi connectivity index (χ0) is 15.6. The molecule has 0 radical (unpaired) electrons. The van der Waals surface area contributed by atoms with Crippen molar-refractivity contribution in [1.29, 1.82) is 0 Å². The number of carbonyl (C=O) groups excluding carboxylic acids is 2. The fourth-order valence-corrected chi connectivity index (χ4v) is 1.99. The molecular weight excluding hydrogens is 292 g/mol. The summed E-state index contributed by atoms with van der Waals surface area (Å²) < 4.78 is 51.2. The Balaban J connectivity index is 2.11. The highest BCUT2D eigenvalue weighted by Gasteiger charge is 2.32. The maximum Gasteiger partial charge on any atom is 0.416 e. The first-order valence-corrected chi connectivity index (χ1v) is 6.21. The van der Waals surface area contributed by atoms with Crippen LogP contribution >= 0.6 is 0 Å². The molecule has 21 heavy (non-hydrogen) atoms. The van der Waals surface area contributed by atoms with Crippen LogP contribution in [0.15, 0.2) is 18.2 Å². The Bertz CT molecular complexity index is 562. The standard InChI is InChI=1S/C13H12F4N2O2/c14-9-3-2-8(13(15,16)17)5-10(9)19-12(21)7-1-4-11(20)18-6-7/h2-3,5,7H,1,4,6H2,(H,18,20)(H,19,21). The van der Waals surface area contributed by atoms with E-state index in [1.54, 1.807) is 0 Å². The first kappa shape index (κ1) is 15.3. The van der Waals surface area contributed by atoms with E-state index in [2.05, 4.69) is 10.6 Å². The highest BCUT2D eigenvalue weighted by molar-refractivity contribution is 5.94. The number of anilines is 1. The molecule has 1 fully saturated rings. The van der Waals surface area contributed by atoms with Gasteiger partial charge in [-0.15, -0.1) is 0 Å². The summed E-state index contributed by atoms with van der Waals surface area (Å²) in [5.41, 5.74) is -1.57. The first-order valence-electron chi connectivity index (χ1n) is 6.21. The summed E-state index contributed by atoms with van der Waals surface area (Å²) in [6.45, 7) is 0.0885. The Hall–Kier alpha value is -2.12. The molecule has 1 aromatic carbocycles. The molecule has 2 amide bonds. The summed E-state index contributed by atoms with van der Waals surface area (Å²) in [4.78, 5) is 22.8. The van der Waals surface area contributed by atoms with E-state index in [0.717, 1.165) is 0 Å². The number of piperidine rings is 1. The number of amides is 2. The summed E-state index contributed by atoms with van der Waals surface area (Å²) in [7, 11) is 0. The molecule has 2 N–H and O–H groups in total. The molecule has 2 rings (SSSR count). The van der Waals surface area contributed by atoms with Crippen LogP contribution in [0.2, 0.25) is 0 Å². The van der Waals surface area contributed by atoms with Gasteiger partial charge in [0.05, 0.1) is 17.2 Å². The monoisotopic (exact) mass is 304 g/mol. The first-order chi connectivity index (χ1) is 9.77. The second-order valence-electron chi connectivity index (χ2n) is 4.72. The van der Waals surface area contributed by atoms with Gasteiger partial charge >= 0.3 is 6.18 Å². The maximum absolute atomic E-state index is 13.5. The molecule has 1 saturated heterocycles. The molecule has 8 heteroatoms. The van der Waals surface area contributed by atoms with Crippen LogP contribution in [-0.2, 0) is 15.8 Å². The van der Waals surface area contributed by atoms with Crippen LogP contribution < -0.4 is 10.6 Å². The van der Waals surface area contributed by atoms with Gasteiger partial charge in [-0.2, -0.15) is 13.2 Å². The molecule has 0 bridgehead atoms. The second kappa shape index (κ2) is 5.71. The Morgan fingerprint density at radius 3 is 2.62 bits per heavy atom. The molecule has 1 aliphatic rings. The molecule has 0 saturated carbocycles. The van der Waals surface area contributed by atoms with Gasteiger partial charge in [-0.1, -0.05) is 0 Å². The average Bonchev–Trinajstić information content (AvgIpc) is 2.40. The third-order valence-corrected chi connectivity index (χ3v) is 3.19. The van der Waals surface area contributed by atoms with Gasteiger partial charge in [0.15, 0.2) is 0 Å². The molecule has 0 spiro atoms. The molecule has 114 valence electrons. The topological polar surface area (TPSA) is 58.2 Å². The van der Waals surface area contributed by atoms with Gasteiger partial charge in [0.2, 0.25) is 11.8 Å². The highest BCUT2D eigenvalue weighted by atomic mass is 19.4. The van der Waals surface area contributed by atoms with Crippen molar-refractivity contribution in [2.45, 2.75) is 19.0 Å². The summed E-state index contributed by atoms with van der Waals surface area (Å²) in [6.07, 6.45) is -4.19. The van der Waals surface area contributed by atoms with Crippen molar-refractivity contribution >= 4 is 17.5 Å². The molecule has 0 aromatic heterocycles. The van der Waals surface area contributed by atoms with E-state index in [4.69, 9.17) is 0 Å². The number of nitrogens with one attached hydrogen (secondary N) is 2. The van der Waals surface area contributed by atoms with E-state index in [1.165, 1.54) is 0 Å². The molecule has 1 heterocycles. The fraction of sp³-hybridized carbons (Fsp3) is 0.385. The quantitative estimate of drug-likeness (QED) is 0.824. The average molecular weight is 304 g/mol. The Morgan fingerprint density at radius 2 is 2.05 bits per heavy atom. The molecular formula is C13H12F4N2O2. The van der Waals surface area contributed by atoms with Gasteiger partial charge in [0.1, 0.15) is 5.82 Å². The third-order valence-electron chi connectivity index (χ3n) is 3.19. The Morgan fingerprint density at radius 1 is 1.33 bits per heavy atom. The lowest BCUT2D eigenvalue weighted by Gasteiger charge is -2.22. The van der Waals surface area contributed by atoms with Crippen molar-refractivity contribution < 1.29 is 27.2 Å². The summed E-state index contributed by atoms with van der Waals surface area (Å²) in [6, 6.07) is 1.81. The molecule has 1 atom stereocenters. The van der Waals surface area contributed by atoms with Crippen molar-refractivity contribution in [2.75, 3.05) is 11.9 Å². The van der Waals surface area contributed by atoms with E-state index in [0.29, 0.717) is 18.2 Å². The van der Waals surface area contributed by atoms with E-state index in [1.807, 2.05) is 0 Å². The SMILES string of the molecule is O=C1CCC(C(=O)Nc2cc(C(F)(F)F)ccc2F)CN1. The van der Waals surface area contributed by atoms with Gasteiger partial charge < -0.3 is 10.6 Å². The Kier molecular flexibility index (Phi) is 4.15. The van der Waals surface area contributed by atoms with E-state index >= 15 is 0 Å². The lowest BCUT2D eigenvalue weighted by molar-refractivity contribution is -0.137. The molecule has 1 unspecified atom stereocenters. The zero-order valence-electron chi connectivity index (χ0n) is 10.8. The number of hydrogen-bond donors (Lipinski definition) is 2. The predicted octanol–water partition coefficient (Wildman–Crippen LogP) is 2.31. The largest absolute Gasteiger partial charge is 0.416 e. The number of carbonyl (C=O) groups is 2. The minimum atomic E-state index is -4.62. The summed E-state index contributed by atoms with van der Waals surface area (Å²) >= 11 is 0.